The monoisotopic (exact) mass is 453 g/mol. The highest BCUT2D eigenvalue weighted by atomic mass is 28.4. The van der Waals surface area contributed by atoms with Gasteiger partial charge in [0.15, 0.2) is 8.32 Å². The highest BCUT2D eigenvalue weighted by Crippen LogP contribution is 2.41. The largest absolute Gasteiger partial charge is 0.459 e. The number of β-lactam (4-membered cyclic amide) rings is 1. The standard InChI is InChI=1S/C26H35NO4Si/c1-19(31-32(5,6)26(2,3)4)22-23(25(29)30-18-21-15-11-8-12-16-21)27(24(22)28)17-20-13-9-7-10-14-20/h7-16,19,22-23H,17-18H2,1-6H3/t19-,22-,23-/m1/s1. The van der Waals surface area contributed by atoms with Crippen LogP contribution in [0.1, 0.15) is 38.8 Å². The molecule has 3 atom stereocenters. The molecule has 0 aromatic heterocycles. The summed E-state index contributed by atoms with van der Waals surface area (Å²) in [4.78, 5) is 28.0. The summed E-state index contributed by atoms with van der Waals surface area (Å²) in [5, 5.41) is 0.0150. The fourth-order valence-corrected chi connectivity index (χ4v) is 5.22. The smallest absolute Gasteiger partial charge is 0.330 e. The number of ether oxygens (including phenoxy) is 1. The molecule has 32 heavy (non-hydrogen) atoms. The topological polar surface area (TPSA) is 55.8 Å². The van der Waals surface area contributed by atoms with Crippen molar-refractivity contribution in [2.45, 2.75) is 71.1 Å². The summed E-state index contributed by atoms with van der Waals surface area (Å²) in [6, 6.07) is 18.7. The van der Waals surface area contributed by atoms with Gasteiger partial charge in [0, 0.05) is 6.54 Å². The number of esters is 1. The molecular weight excluding hydrogens is 418 g/mol. The van der Waals surface area contributed by atoms with Crippen molar-refractivity contribution in [2.24, 2.45) is 5.92 Å². The van der Waals surface area contributed by atoms with Gasteiger partial charge in [-0.2, -0.15) is 0 Å². The minimum atomic E-state index is -2.10. The van der Waals surface area contributed by atoms with Crippen molar-refractivity contribution >= 4 is 20.2 Å². The SMILES string of the molecule is C[C@@H](O[Si](C)(C)C(C)(C)C)[C@H]1C(=O)N(Cc2ccccc2)[C@H]1C(=O)OCc1ccccc1. The summed E-state index contributed by atoms with van der Waals surface area (Å²) < 4.78 is 12.2. The van der Waals surface area contributed by atoms with E-state index >= 15 is 0 Å². The van der Waals surface area contributed by atoms with E-state index in [9.17, 15) is 9.59 Å². The van der Waals surface area contributed by atoms with Crippen molar-refractivity contribution in [3.05, 3.63) is 71.8 Å². The molecule has 6 heteroatoms. The molecule has 1 heterocycles. The van der Waals surface area contributed by atoms with Crippen LogP contribution < -0.4 is 0 Å². The fraction of sp³-hybridized carbons (Fsp3) is 0.462. The zero-order chi connectivity index (χ0) is 23.5. The first-order chi connectivity index (χ1) is 15.0. The van der Waals surface area contributed by atoms with E-state index in [-0.39, 0.29) is 29.6 Å². The van der Waals surface area contributed by atoms with Crippen LogP contribution in [0.3, 0.4) is 0 Å². The number of likely N-dealkylation sites (tertiary alicyclic amines) is 1. The minimum Gasteiger partial charge on any atom is -0.459 e. The Labute approximate surface area is 192 Å². The molecule has 3 rings (SSSR count). The summed E-state index contributed by atoms with van der Waals surface area (Å²) in [6.07, 6.45) is -0.357. The van der Waals surface area contributed by atoms with Crippen molar-refractivity contribution < 1.29 is 18.8 Å². The van der Waals surface area contributed by atoms with E-state index in [1.807, 2.05) is 67.6 Å². The lowest BCUT2D eigenvalue weighted by Crippen LogP contribution is -2.68. The second kappa shape index (κ2) is 9.59. The van der Waals surface area contributed by atoms with Gasteiger partial charge in [-0.05, 0) is 36.2 Å². The van der Waals surface area contributed by atoms with Crippen LogP contribution in [-0.4, -0.2) is 37.2 Å². The molecule has 2 aromatic rings. The van der Waals surface area contributed by atoms with Crippen LogP contribution in [0.5, 0.6) is 0 Å². The van der Waals surface area contributed by atoms with Gasteiger partial charge < -0.3 is 14.1 Å². The van der Waals surface area contributed by atoms with Crippen molar-refractivity contribution in [3.8, 4) is 0 Å². The maximum Gasteiger partial charge on any atom is 0.330 e. The van der Waals surface area contributed by atoms with Crippen molar-refractivity contribution in [2.75, 3.05) is 0 Å². The van der Waals surface area contributed by atoms with E-state index in [2.05, 4.69) is 33.9 Å². The fourth-order valence-electron chi connectivity index (χ4n) is 3.79. The molecule has 172 valence electrons. The first-order valence-electron chi connectivity index (χ1n) is 11.2. The molecule has 0 unspecified atom stereocenters. The molecule has 1 amide bonds. The predicted molar refractivity (Wildman–Crippen MR) is 128 cm³/mol. The lowest BCUT2D eigenvalue weighted by Gasteiger charge is -2.50. The Kier molecular flexibility index (Phi) is 7.25. The number of amides is 1. The van der Waals surface area contributed by atoms with Gasteiger partial charge in [0.2, 0.25) is 5.91 Å². The third-order valence-corrected chi connectivity index (χ3v) is 11.3. The zero-order valence-electron chi connectivity index (χ0n) is 20.0. The van der Waals surface area contributed by atoms with E-state index in [1.54, 1.807) is 4.90 Å². The third kappa shape index (κ3) is 5.30. The van der Waals surface area contributed by atoms with Crippen LogP contribution in [0.4, 0.5) is 0 Å². The average Bonchev–Trinajstić information content (AvgIpc) is 2.74. The van der Waals surface area contributed by atoms with Crippen LogP contribution in [0, 0.1) is 5.92 Å². The van der Waals surface area contributed by atoms with Gasteiger partial charge in [0.25, 0.3) is 0 Å². The van der Waals surface area contributed by atoms with Gasteiger partial charge in [-0.3, -0.25) is 4.79 Å². The molecule has 0 saturated carbocycles. The zero-order valence-corrected chi connectivity index (χ0v) is 21.0. The number of carbonyl (C=O) groups is 2. The number of benzene rings is 2. The normalized spacial score (nSPS) is 19.9. The molecule has 0 radical (unpaired) electrons. The van der Waals surface area contributed by atoms with Gasteiger partial charge in [0.1, 0.15) is 12.6 Å². The van der Waals surface area contributed by atoms with Crippen molar-refractivity contribution in [1.29, 1.82) is 0 Å². The minimum absolute atomic E-state index is 0.0150. The lowest BCUT2D eigenvalue weighted by atomic mass is 9.83. The molecule has 0 N–H and O–H groups in total. The molecule has 0 spiro atoms. The van der Waals surface area contributed by atoms with E-state index in [0.29, 0.717) is 6.54 Å². The Bertz CT molecular complexity index is 924. The van der Waals surface area contributed by atoms with Gasteiger partial charge >= 0.3 is 5.97 Å². The number of hydrogen-bond donors (Lipinski definition) is 0. The first kappa shape index (κ1) is 24.2. The highest BCUT2D eigenvalue weighted by Gasteiger charge is 2.56. The summed E-state index contributed by atoms with van der Waals surface area (Å²) >= 11 is 0. The molecule has 0 bridgehead atoms. The van der Waals surface area contributed by atoms with E-state index in [4.69, 9.17) is 9.16 Å². The Hall–Kier alpha value is -2.44. The van der Waals surface area contributed by atoms with Crippen molar-refractivity contribution in [3.63, 3.8) is 0 Å². The second-order valence-electron chi connectivity index (χ2n) is 10.1. The summed E-state index contributed by atoms with van der Waals surface area (Å²) in [6.45, 7) is 13.3. The Balaban J connectivity index is 1.78. The Morgan fingerprint density at radius 1 is 1.00 bits per heavy atom. The molecule has 1 saturated heterocycles. The van der Waals surface area contributed by atoms with E-state index in [1.165, 1.54) is 0 Å². The number of carbonyl (C=O) groups excluding carboxylic acids is 2. The van der Waals surface area contributed by atoms with Gasteiger partial charge in [-0.15, -0.1) is 0 Å². The van der Waals surface area contributed by atoms with E-state index in [0.717, 1.165) is 11.1 Å². The Morgan fingerprint density at radius 3 is 2.06 bits per heavy atom. The van der Waals surface area contributed by atoms with Gasteiger partial charge in [-0.1, -0.05) is 81.4 Å². The number of hydrogen-bond acceptors (Lipinski definition) is 4. The molecule has 1 aliphatic rings. The lowest BCUT2D eigenvalue weighted by molar-refractivity contribution is -0.181. The van der Waals surface area contributed by atoms with Gasteiger partial charge in [0.05, 0.1) is 12.0 Å². The quantitative estimate of drug-likeness (QED) is 0.314. The highest BCUT2D eigenvalue weighted by molar-refractivity contribution is 6.74. The number of nitrogens with zero attached hydrogens (tertiary/aromatic N) is 1. The molecule has 0 aliphatic carbocycles. The van der Waals surface area contributed by atoms with Crippen LogP contribution in [-0.2, 0) is 31.9 Å². The maximum absolute atomic E-state index is 13.2. The van der Waals surface area contributed by atoms with Crippen LogP contribution >= 0.6 is 0 Å². The predicted octanol–water partition coefficient (Wildman–Crippen LogP) is 5.17. The van der Waals surface area contributed by atoms with Crippen molar-refractivity contribution in [1.82, 2.24) is 4.90 Å². The van der Waals surface area contributed by atoms with Crippen LogP contribution in [0.2, 0.25) is 18.1 Å². The second-order valence-corrected chi connectivity index (χ2v) is 14.9. The number of rotatable bonds is 8. The third-order valence-electron chi connectivity index (χ3n) is 6.70. The molecule has 5 nitrogen and oxygen atoms in total. The summed E-state index contributed by atoms with van der Waals surface area (Å²) in [5.74, 6) is -0.960. The summed E-state index contributed by atoms with van der Waals surface area (Å²) in [7, 11) is -2.10. The first-order valence-corrected chi connectivity index (χ1v) is 14.1. The maximum atomic E-state index is 13.2. The molecular formula is C26H35NO4Si. The van der Waals surface area contributed by atoms with Gasteiger partial charge in [-0.25, -0.2) is 4.79 Å². The molecule has 1 aliphatic heterocycles. The van der Waals surface area contributed by atoms with Crippen LogP contribution in [0.25, 0.3) is 0 Å². The Morgan fingerprint density at radius 2 is 1.53 bits per heavy atom. The van der Waals surface area contributed by atoms with Crippen LogP contribution in [0.15, 0.2) is 60.7 Å². The summed E-state index contributed by atoms with van der Waals surface area (Å²) in [5.41, 5.74) is 1.90. The average molecular weight is 454 g/mol. The van der Waals surface area contributed by atoms with E-state index < -0.39 is 20.3 Å². The molecule has 2 aromatic carbocycles. The molecule has 1 fully saturated rings.